The average Bonchev–Trinajstić information content (AvgIpc) is 2.22. The lowest BCUT2D eigenvalue weighted by molar-refractivity contribution is -0.0609. The quantitative estimate of drug-likeness (QED) is 0.319. The van der Waals surface area contributed by atoms with Crippen LogP contribution in [0.1, 0.15) is 32.6 Å². The number of rotatable bonds is 10. The Labute approximate surface area is 90.1 Å². The molecule has 0 aromatic carbocycles. The minimum Gasteiger partial charge on any atom is -0.400 e. The van der Waals surface area contributed by atoms with Gasteiger partial charge in [-0.25, -0.2) is 0 Å². The molecule has 0 radical (unpaired) electrons. The molecule has 0 aromatic heterocycles. The van der Waals surface area contributed by atoms with Crippen molar-refractivity contribution in [2.24, 2.45) is 0 Å². The second kappa shape index (κ2) is 11.2. The molecule has 0 spiro atoms. The van der Waals surface area contributed by atoms with Crippen LogP contribution in [0.5, 0.6) is 0 Å². The molecule has 0 heterocycles. The van der Waals surface area contributed by atoms with E-state index in [4.69, 9.17) is 13.9 Å². The van der Waals surface area contributed by atoms with Crippen molar-refractivity contribution in [2.75, 3.05) is 20.8 Å². The largest absolute Gasteiger partial charge is 0.400 e. The van der Waals surface area contributed by atoms with Gasteiger partial charge in [0.1, 0.15) is 6.29 Å². The van der Waals surface area contributed by atoms with Gasteiger partial charge < -0.3 is 13.9 Å². The van der Waals surface area contributed by atoms with Crippen molar-refractivity contribution >= 4 is 9.76 Å². The van der Waals surface area contributed by atoms with Crippen molar-refractivity contribution in [3.63, 3.8) is 0 Å². The van der Waals surface area contributed by atoms with E-state index in [1.54, 1.807) is 14.2 Å². The highest BCUT2D eigenvalue weighted by Crippen LogP contribution is 2.04. The first kappa shape index (κ1) is 14.1. The Bertz CT molecular complexity index is 112. The molecule has 3 nitrogen and oxygen atoms in total. The minimum atomic E-state index is -0.358. The lowest BCUT2D eigenvalue weighted by Gasteiger charge is -2.16. The van der Waals surface area contributed by atoms with Crippen LogP contribution in [-0.2, 0) is 13.9 Å². The zero-order chi connectivity index (χ0) is 10.6. The van der Waals surface area contributed by atoms with Crippen molar-refractivity contribution in [3.05, 3.63) is 0 Å². The van der Waals surface area contributed by atoms with Gasteiger partial charge in [-0.1, -0.05) is 19.8 Å². The van der Waals surface area contributed by atoms with E-state index in [9.17, 15) is 0 Å². The summed E-state index contributed by atoms with van der Waals surface area (Å²) in [5, 5.41) is 0. The second-order valence-corrected chi connectivity index (χ2v) is 4.83. The zero-order valence-electron chi connectivity index (χ0n) is 9.75. The fourth-order valence-corrected chi connectivity index (χ4v) is 2.67. The highest BCUT2D eigenvalue weighted by Gasteiger charge is 2.05. The highest BCUT2D eigenvalue weighted by atomic mass is 28.2. The standard InChI is InChI=1S/C10H24O3Si/c1-4-5-9-14-13-10(12-3)7-6-8-11-2/h10H,4-9,14H2,1-3H3. The van der Waals surface area contributed by atoms with Crippen LogP contribution in [0.25, 0.3) is 0 Å². The smallest absolute Gasteiger partial charge is 0.165 e. The molecule has 0 aliphatic carbocycles. The van der Waals surface area contributed by atoms with Crippen molar-refractivity contribution in [1.82, 2.24) is 0 Å². The second-order valence-electron chi connectivity index (χ2n) is 3.38. The van der Waals surface area contributed by atoms with Crippen molar-refractivity contribution in [1.29, 1.82) is 0 Å². The molecule has 4 heteroatoms. The molecular weight excluding hydrogens is 196 g/mol. The molecule has 86 valence electrons. The summed E-state index contributed by atoms with van der Waals surface area (Å²) in [4.78, 5) is 0. The Morgan fingerprint density at radius 3 is 2.57 bits per heavy atom. The van der Waals surface area contributed by atoms with Gasteiger partial charge in [-0.3, -0.25) is 0 Å². The van der Waals surface area contributed by atoms with E-state index in [-0.39, 0.29) is 16.1 Å². The molecule has 0 bridgehead atoms. The molecular formula is C10H24O3Si. The van der Waals surface area contributed by atoms with Crippen LogP contribution in [0.4, 0.5) is 0 Å². The molecule has 0 amide bonds. The van der Waals surface area contributed by atoms with Crippen molar-refractivity contribution in [3.8, 4) is 0 Å². The maximum absolute atomic E-state index is 5.70. The fraction of sp³-hybridized carbons (Fsp3) is 1.00. The summed E-state index contributed by atoms with van der Waals surface area (Å²) in [6.07, 6.45) is 4.52. The van der Waals surface area contributed by atoms with E-state index >= 15 is 0 Å². The first-order valence-corrected chi connectivity index (χ1v) is 7.06. The highest BCUT2D eigenvalue weighted by molar-refractivity contribution is 6.27. The third-order valence-corrected chi connectivity index (χ3v) is 3.50. The summed E-state index contributed by atoms with van der Waals surface area (Å²) in [6.45, 7) is 3.00. The lowest BCUT2D eigenvalue weighted by atomic mass is 10.3. The van der Waals surface area contributed by atoms with Crippen LogP contribution < -0.4 is 0 Å². The third-order valence-electron chi connectivity index (χ3n) is 2.10. The van der Waals surface area contributed by atoms with Crippen LogP contribution >= 0.6 is 0 Å². The summed E-state index contributed by atoms with van der Waals surface area (Å²) >= 11 is 0. The molecule has 14 heavy (non-hydrogen) atoms. The fourth-order valence-electron chi connectivity index (χ4n) is 1.23. The molecule has 0 aliphatic rings. The van der Waals surface area contributed by atoms with Gasteiger partial charge in [0.05, 0.1) is 0 Å². The van der Waals surface area contributed by atoms with Gasteiger partial charge >= 0.3 is 0 Å². The first-order chi connectivity index (χ1) is 6.85. The normalized spacial score (nSPS) is 13.9. The Morgan fingerprint density at radius 2 is 2.00 bits per heavy atom. The molecule has 0 rings (SSSR count). The summed E-state index contributed by atoms with van der Waals surface area (Å²) in [5.74, 6) is 0. The van der Waals surface area contributed by atoms with Gasteiger partial charge in [0.15, 0.2) is 9.76 Å². The van der Waals surface area contributed by atoms with E-state index in [0.29, 0.717) is 0 Å². The van der Waals surface area contributed by atoms with Gasteiger partial charge in [-0.15, -0.1) is 0 Å². The molecule has 0 aromatic rings. The third kappa shape index (κ3) is 8.68. The number of ether oxygens (including phenoxy) is 2. The summed E-state index contributed by atoms with van der Waals surface area (Å²) in [7, 11) is 3.08. The van der Waals surface area contributed by atoms with E-state index in [2.05, 4.69) is 6.92 Å². The van der Waals surface area contributed by atoms with E-state index in [1.807, 2.05) is 0 Å². The first-order valence-electron chi connectivity index (χ1n) is 5.48. The number of methoxy groups -OCH3 is 2. The van der Waals surface area contributed by atoms with Crippen LogP contribution in [0.15, 0.2) is 0 Å². The van der Waals surface area contributed by atoms with Crippen molar-refractivity contribution < 1.29 is 13.9 Å². The van der Waals surface area contributed by atoms with Gasteiger partial charge in [-0.05, 0) is 18.9 Å². The SMILES string of the molecule is CCCC[SiH2]OC(CCCOC)OC. The van der Waals surface area contributed by atoms with Crippen LogP contribution in [0.2, 0.25) is 6.04 Å². The Morgan fingerprint density at radius 1 is 1.21 bits per heavy atom. The van der Waals surface area contributed by atoms with Gasteiger partial charge in [-0.2, -0.15) is 0 Å². The van der Waals surface area contributed by atoms with Crippen molar-refractivity contribution in [2.45, 2.75) is 44.9 Å². The van der Waals surface area contributed by atoms with Crippen LogP contribution in [0.3, 0.4) is 0 Å². The predicted octanol–water partition coefficient (Wildman–Crippen LogP) is 1.70. The van der Waals surface area contributed by atoms with E-state index in [1.165, 1.54) is 18.9 Å². The predicted molar refractivity (Wildman–Crippen MR) is 61.3 cm³/mol. The van der Waals surface area contributed by atoms with Gasteiger partial charge in [0.25, 0.3) is 0 Å². The summed E-state index contributed by atoms with van der Waals surface area (Å²) in [5.41, 5.74) is 0. The number of hydrogen-bond donors (Lipinski definition) is 0. The van der Waals surface area contributed by atoms with E-state index in [0.717, 1.165) is 19.4 Å². The average molecular weight is 220 g/mol. The van der Waals surface area contributed by atoms with E-state index < -0.39 is 0 Å². The van der Waals surface area contributed by atoms with Crippen LogP contribution in [-0.4, -0.2) is 36.9 Å². The Kier molecular flexibility index (Phi) is 11.3. The summed E-state index contributed by atoms with van der Waals surface area (Å²) < 4.78 is 15.9. The maximum Gasteiger partial charge on any atom is 0.165 e. The Hall–Kier alpha value is 0.0969. The van der Waals surface area contributed by atoms with Crippen LogP contribution in [0, 0.1) is 0 Å². The lowest BCUT2D eigenvalue weighted by Crippen LogP contribution is -2.18. The maximum atomic E-state index is 5.70. The molecule has 1 unspecified atom stereocenters. The molecule has 0 aliphatic heterocycles. The zero-order valence-corrected chi connectivity index (χ0v) is 11.2. The molecule has 0 saturated carbocycles. The molecule has 0 N–H and O–H groups in total. The Balaban J connectivity index is 3.28. The minimum absolute atomic E-state index is 0.00803. The summed E-state index contributed by atoms with van der Waals surface area (Å²) in [6, 6.07) is 1.26. The molecule has 0 fully saturated rings. The number of unbranched alkanes of at least 4 members (excludes halogenated alkanes) is 1. The molecule has 0 saturated heterocycles. The molecule has 1 atom stereocenters. The topological polar surface area (TPSA) is 27.7 Å². The van der Waals surface area contributed by atoms with Gasteiger partial charge in [0.2, 0.25) is 0 Å². The number of hydrogen-bond acceptors (Lipinski definition) is 3. The monoisotopic (exact) mass is 220 g/mol. The van der Waals surface area contributed by atoms with Gasteiger partial charge in [0, 0.05) is 20.8 Å².